The van der Waals surface area contributed by atoms with Gasteiger partial charge in [0.1, 0.15) is 7.05 Å². The summed E-state index contributed by atoms with van der Waals surface area (Å²) in [6.07, 6.45) is 2.13. The van der Waals surface area contributed by atoms with Crippen LogP contribution < -0.4 is 4.57 Å². The quantitative estimate of drug-likeness (QED) is 0.550. The maximum Gasteiger partial charge on any atom is 0.212 e. The van der Waals surface area contributed by atoms with E-state index in [0.29, 0.717) is 0 Å². The standard InChI is InChI=1S/C23H24N/c1-15-9-12-19-18(14-15)17-11-10-16(2)21(22(17)23(19,3)4)20-8-6-7-13-24(20)5/h6-14H,1-5H3/q+1. The van der Waals surface area contributed by atoms with Gasteiger partial charge in [-0.1, -0.05) is 49.7 Å². The Morgan fingerprint density at radius 1 is 0.875 bits per heavy atom. The highest BCUT2D eigenvalue weighted by Gasteiger charge is 2.39. The molecule has 0 bridgehead atoms. The van der Waals surface area contributed by atoms with Crippen LogP contribution in [-0.2, 0) is 12.5 Å². The van der Waals surface area contributed by atoms with Crippen LogP contribution in [0.15, 0.2) is 54.7 Å². The molecule has 1 heterocycles. The van der Waals surface area contributed by atoms with Crippen molar-refractivity contribution in [1.82, 2.24) is 0 Å². The van der Waals surface area contributed by atoms with Gasteiger partial charge >= 0.3 is 0 Å². The summed E-state index contributed by atoms with van der Waals surface area (Å²) in [6, 6.07) is 17.9. The van der Waals surface area contributed by atoms with Crippen LogP contribution in [-0.4, -0.2) is 0 Å². The molecule has 0 spiro atoms. The smallest absolute Gasteiger partial charge is 0.201 e. The molecule has 0 amide bonds. The first-order valence-corrected chi connectivity index (χ1v) is 8.62. The minimum atomic E-state index is 0.0164. The van der Waals surface area contributed by atoms with E-state index < -0.39 is 0 Å². The van der Waals surface area contributed by atoms with Gasteiger partial charge in [-0.25, -0.2) is 4.57 Å². The zero-order chi connectivity index (χ0) is 17.1. The Morgan fingerprint density at radius 3 is 2.42 bits per heavy atom. The van der Waals surface area contributed by atoms with E-state index in [0.717, 1.165) is 0 Å². The molecule has 1 nitrogen and oxygen atoms in total. The van der Waals surface area contributed by atoms with E-state index in [4.69, 9.17) is 0 Å². The zero-order valence-electron chi connectivity index (χ0n) is 15.1. The lowest BCUT2D eigenvalue weighted by Crippen LogP contribution is -2.31. The van der Waals surface area contributed by atoms with Crippen molar-refractivity contribution in [1.29, 1.82) is 0 Å². The van der Waals surface area contributed by atoms with Crippen molar-refractivity contribution in [3.05, 3.63) is 77.0 Å². The number of rotatable bonds is 1. The largest absolute Gasteiger partial charge is 0.212 e. The van der Waals surface area contributed by atoms with Crippen molar-refractivity contribution < 1.29 is 4.57 Å². The lowest BCUT2D eigenvalue weighted by molar-refractivity contribution is -0.660. The van der Waals surface area contributed by atoms with E-state index in [9.17, 15) is 0 Å². The number of nitrogens with zero attached hydrogens (tertiary/aromatic N) is 1. The molecule has 2 aromatic carbocycles. The summed E-state index contributed by atoms with van der Waals surface area (Å²) in [6.45, 7) is 9.13. The van der Waals surface area contributed by atoms with Gasteiger partial charge in [0.25, 0.3) is 0 Å². The summed E-state index contributed by atoms with van der Waals surface area (Å²) < 4.78 is 2.23. The fraction of sp³-hybridized carbons (Fsp3) is 0.261. The van der Waals surface area contributed by atoms with Gasteiger partial charge in [-0.05, 0) is 47.7 Å². The summed E-state index contributed by atoms with van der Waals surface area (Å²) in [5, 5.41) is 0. The van der Waals surface area contributed by atoms with Crippen LogP contribution >= 0.6 is 0 Å². The van der Waals surface area contributed by atoms with Crippen LogP contribution in [0.25, 0.3) is 22.4 Å². The first kappa shape index (κ1) is 15.1. The van der Waals surface area contributed by atoms with Crippen molar-refractivity contribution in [3.8, 4) is 22.4 Å². The molecule has 0 unspecified atom stereocenters. The summed E-state index contributed by atoms with van der Waals surface area (Å²) in [7, 11) is 2.13. The molecular weight excluding hydrogens is 290 g/mol. The van der Waals surface area contributed by atoms with Crippen LogP contribution in [0.2, 0.25) is 0 Å². The highest BCUT2D eigenvalue weighted by molar-refractivity contribution is 5.88. The van der Waals surface area contributed by atoms with Gasteiger partial charge in [0.15, 0.2) is 6.20 Å². The Morgan fingerprint density at radius 2 is 1.67 bits per heavy atom. The molecule has 0 radical (unpaired) electrons. The fourth-order valence-corrected chi connectivity index (χ4v) is 4.25. The average molecular weight is 314 g/mol. The molecule has 3 aromatic rings. The minimum absolute atomic E-state index is 0.0164. The van der Waals surface area contributed by atoms with E-state index in [1.54, 1.807) is 0 Å². The maximum atomic E-state index is 2.36. The summed E-state index contributed by atoms with van der Waals surface area (Å²) in [4.78, 5) is 0. The minimum Gasteiger partial charge on any atom is -0.201 e. The molecular formula is C23H24N+. The fourth-order valence-electron chi connectivity index (χ4n) is 4.25. The lowest BCUT2D eigenvalue weighted by Gasteiger charge is -2.24. The molecule has 1 heteroatoms. The summed E-state index contributed by atoms with van der Waals surface area (Å²) >= 11 is 0. The lowest BCUT2D eigenvalue weighted by atomic mass is 9.78. The molecule has 1 aromatic heterocycles. The third kappa shape index (κ3) is 1.97. The highest BCUT2D eigenvalue weighted by Crippen LogP contribution is 2.52. The number of pyridine rings is 1. The average Bonchev–Trinajstić information content (AvgIpc) is 2.76. The van der Waals surface area contributed by atoms with E-state index in [2.05, 4.69) is 94.0 Å². The second-order valence-corrected chi connectivity index (χ2v) is 7.55. The number of hydrogen-bond donors (Lipinski definition) is 0. The molecule has 0 saturated carbocycles. The highest BCUT2D eigenvalue weighted by atomic mass is 14.9. The van der Waals surface area contributed by atoms with Crippen LogP contribution in [0.1, 0.15) is 36.1 Å². The van der Waals surface area contributed by atoms with Crippen molar-refractivity contribution in [2.75, 3.05) is 0 Å². The predicted molar refractivity (Wildman–Crippen MR) is 100 cm³/mol. The predicted octanol–water partition coefficient (Wildman–Crippen LogP) is 5.10. The second kappa shape index (κ2) is 5.04. The molecule has 4 rings (SSSR count). The number of hydrogen-bond acceptors (Lipinski definition) is 0. The first-order chi connectivity index (χ1) is 11.4. The number of aromatic nitrogens is 1. The third-order valence-corrected chi connectivity index (χ3v) is 5.49. The van der Waals surface area contributed by atoms with Gasteiger partial charge in [0, 0.05) is 17.5 Å². The molecule has 0 N–H and O–H groups in total. The van der Waals surface area contributed by atoms with Gasteiger partial charge in [-0.2, -0.15) is 0 Å². The first-order valence-electron chi connectivity index (χ1n) is 8.62. The van der Waals surface area contributed by atoms with Gasteiger partial charge in [0.2, 0.25) is 5.69 Å². The van der Waals surface area contributed by atoms with Crippen molar-refractivity contribution in [2.45, 2.75) is 33.1 Å². The maximum absolute atomic E-state index is 2.36. The number of fused-ring (bicyclic) bond motifs is 3. The van der Waals surface area contributed by atoms with Crippen LogP contribution in [0.4, 0.5) is 0 Å². The van der Waals surface area contributed by atoms with E-state index in [-0.39, 0.29) is 5.41 Å². The Balaban J connectivity index is 2.11. The molecule has 1 aliphatic carbocycles. The van der Waals surface area contributed by atoms with Crippen LogP contribution in [0.5, 0.6) is 0 Å². The van der Waals surface area contributed by atoms with Gasteiger partial charge in [0.05, 0.1) is 5.56 Å². The van der Waals surface area contributed by atoms with E-state index >= 15 is 0 Å². The van der Waals surface area contributed by atoms with Gasteiger partial charge in [-0.15, -0.1) is 0 Å². The Bertz CT molecular complexity index is 964. The topological polar surface area (TPSA) is 3.88 Å². The Hall–Kier alpha value is -2.41. The number of aryl methyl sites for hydroxylation is 3. The molecule has 0 saturated heterocycles. The van der Waals surface area contributed by atoms with Gasteiger partial charge < -0.3 is 0 Å². The van der Waals surface area contributed by atoms with Crippen molar-refractivity contribution in [2.24, 2.45) is 7.05 Å². The monoisotopic (exact) mass is 314 g/mol. The van der Waals surface area contributed by atoms with Gasteiger partial charge in [-0.3, -0.25) is 0 Å². The Labute approximate surface area is 144 Å². The zero-order valence-corrected chi connectivity index (χ0v) is 15.1. The molecule has 0 aliphatic heterocycles. The van der Waals surface area contributed by atoms with Crippen LogP contribution in [0.3, 0.4) is 0 Å². The molecule has 0 fully saturated rings. The van der Waals surface area contributed by atoms with E-state index in [1.165, 1.54) is 44.6 Å². The van der Waals surface area contributed by atoms with Crippen molar-refractivity contribution >= 4 is 0 Å². The summed E-state index contributed by atoms with van der Waals surface area (Å²) in [5.74, 6) is 0. The Kier molecular flexibility index (Phi) is 3.18. The second-order valence-electron chi connectivity index (χ2n) is 7.55. The number of benzene rings is 2. The van der Waals surface area contributed by atoms with Crippen LogP contribution in [0, 0.1) is 13.8 Å². The molecule has 1 aliphatic rings. The van der Waals surface area contributed by atoms with E-state index in [1.807, 2.05) is 0 Å². The van der Waals surface area contributed by atoms with Crippen molar-refractivity contribution in [3.63, 3.8) is 0 Å². The molecule has 24 heavy (non-hydrogen) atoms. The third-order valence-electron chi connectivity index (χ3n) is 5.49. The SMILES string of the molecule is Cc1ccc2c(c1)-c1ccc(C)c(-c3cccc[n+]3C)c1C2(C)C. The summed E-state index contributed by atoms with van der Waals surface area (Å²) in [5.41, 5.74) is 11.0. The molecule has 120 valence electrons. The molecule has 0 atom stereocenters. The normalized spacial score (nSPS) is 14.4.